The van der Waals surface area contributed by atoms with Gasteiger partial charge in [0.25, 0.3) is 0 Å². The predicted molar refractivity (Wildman–Crippen MR) is 99.7 cm³/mol. The topological polar surface area (TPSA) is 93.4 Å². The first-order chi connectivity index (χ1) is 12.6. The highest BCUT2D eigenvalue weighted by atomic mass is 16.6. The summed E-state index contributed by atoms with van der Waals surface area (Å²) in [4.78, 5) is 21.7. The van der Waals surface area contributed by atoms with E-state index < -0.39 is 4.92 Å². The van der Waals surface area contributed by atoms with Crippen molar-refractivity contribution in [3.05, 3.63) is 46.3 Å². The van der Waals surface area contributed by atoms with Gasteiger partial charge in [-0.05, 0) is 43.9 Å². The summed E-state index contributed by atoms with van der Waals surface area (Å²) in [6.45, 7) is 3.28. The molecule has 1 fully saturated rings. The molecular weight excluding hydrogens is 334 g/mol. The molecule has 2 heterocycles. The van der Waals surface area contributed by atoms with Gasteiger partial charge in [-0.2, -0.15) is 0 Å². The number of nitrogens with zero attached hydrogens (tertiary/aromatic N) is 4. The van der Waals surface area contributed by atoms with Crippen molar-refractivity contribution in [2.24, 2.45) is 0 Å². The van der Waals surface area contributed by atoms with E-state index in [4.69, 9.17) is 4.74 Å². The lowest BCUT2D eigenvalue weighted by molar-refractivity contribution is -0.383. The van der Waals surface area contributed by atoms with Gasteiger partial charge in [0.2, 0.25) is 11.6 Å². The van der Waals surface area contributed by atoms with Gasteiger partial charge >= 0.3 is 5.69 Å². The van der Waals surface area contributed by atoms with E-state index in [1.54, 1.807) is 7.11 Å². The summed E-state index contributed by atoms with van der Waals surface area (Å²) in [5, 5.41) is 14.8. The molecule has 0 radical (unpaired) electrons. The molecule has 0 aliphatic carbocycles. The number of rotatable bonds is 6. The van der Waals surface area contributed by atoms with Crippen molar-refractivity contribution in [2.75, 3.05) is 23.9 Å². The number of ether oxygens (including phenoxy) is 1. The Morgan fingerprint density at radius 1 is 1.31 bits per heavy atom. The minimum absolute atomic E-state index is 0.0604. The van der Waals surface area contributed by atoms with Gasteiger partial charge in [0.05, 0.1) is 12.0 Å². The second-order valence-electron chi connectivity index (χ2n) is 6.39. The Morgan fingerprint density at radius 3 is 2.73 bits per heavy atom. The molecule has 8 heteroatoms. The Hall–Kier alpha value is -2.90. The first-order valence-electron chi connectivity index (χ1n) is 8.73. The van der Waals surface area contributed by atoms with Crippen molar-refractivity contribution in [1.82, 2.24) is 9.97 Å². The Morgan fingerprint density at radius 2 is 2.08 bits per heavy atom. The number of nitrogens with one attached hydrogen (secondary N) is 1. The Bertz CT molecular complexity index is 766. The number of anilines is 2. The van der Waals surface area contributed by atoms with Gasteiger partial charge in [-0.25, -0.2) is 9.97 Å². The SMILES string of the molecule is COc1ccc(CNc2ncnc(N3CCCCC3C)c2[N+](=O)[O-])cc1. The molecule has 0 saturated carbocycles. The van der Waals surface area contributed by atoms with E-state index in [1.165, 1.54) is 6.33 Å². The predicted octanol–water partition coefficient (Wildman–Crippen LogP) is 3.38. The Balaban J connectivity index is 1.84. The van der Waals surface area contributed by atoms with Crippen LogP contribution in [-0.2, 0) is 6.54 Å². The summed E-state index contributed by atoms with van der Waals surface area (Å²) >= 11 is 0. The summed E-state index contributed by atoms with van der Waals surface area (Å²) in [6.07, 6.45) is 4.55. The lowest BCUT2D eigenvalue weighted by atomic mass is 10.0. The summed E-state index contributed by atoms with van der Waals surface area (Å²) < 4.78 is 5.14. The van der Waals surface area contributed by atoms with Crippen LogP contribution in [0, 0.1) is 10.1 Å². The maximum Gasteiger partial charge on any atom is 0.353 e. The van der Waals surface area contributed by atoms with Crippen LogP contribution in [0.15, 0.2) is 30.6 Å². The molecular formula is C18H23N5O3. The number of hydrogen-bond donors (Lipinski definition) is 1. The molecule has 1 aromatic carbocycles. The molecule has 1 saturated heterocycles. The molecule has 2 aromatic rings. The lowest BCUT2D eigenvalue weighted by Gasteiger charge is -2.33. The summed E-state index contributed by atoms with van der Waals surface area (Å²) in [5.74, 6) is 1.41. The zero-order valence-electron chi connectivity index (χ0n) is 15.0. The van der Waals surface area contributed by atoms with Crippen LogP contribution in [0.3, 0.4) is 0 Å². The highest BCUT2D eigenvalue weighted by Gasteiger charge is 2.30. The van der Waals surface area contributed by atoms with Gasteiger partial charge < -0.3 is 15.0 Å². The Kier molecular flexibility index (Phi) is 5.50. The van der Waals surface area contributed by atoms with E-state index >= 15 is 0 Å². The number of benzene rings is 1. The maximum atomic E-state index is 11.7. The van der Waals surface area contributed by atoms with E-state index in [9.17, 15) is 10.1 Å². The van der Waals surface area contributed by atoms with Crippen molar-refractivity contribution in [3.8, 4) is 5.75 Å². The molecule has 1 unspecified atom stereocenters. The lowest BCUT2D eigenvalue weighted by Crippen LogP contribution is -2.38. The fourth-order valence-corrected chi connectivity index (χ4v) is 3.22. The second-order valence-corrected chi connectivity index (χ2v) is 6.39. The van der Waals surface area contributed by atoms with Crippen molar-refractivity contribution in [1.29, 1.82) is 0 Å². The number of piperidine rings is 1. The highest BCUT2D eigenvalue weighted by molar-refractivity contribution is 5.70. The smallest absolute Gasteiger partial charge is 0.353 e. The highest BCUT2D eigenvalue weighted by Crippen LogP contribution is 2.35. The van der Waals surface area contributed by atoms with E-state index in [0.717, 1.165) is 37.1 Å². The molecule has 1 N–H and O–H groups in total. The van der Waals surface area contributed by atoms with Crippen molar-refractivity contribution in [2.45, 2.75) is 38.8 Å². The molecule has 1 aromatic heterocycles. The number of methoxy groups -OCH3 is 1. The van der Waals surface area contributed by atoms with Crippen molar-refractivity contribution in [3.63, 3.8) is 0 Å². The van der Waals surface area contributed by atoms with E-state index in [1.807, 2.05) is 29.2 Å². The standard InChI is InChI=1S/C18H23N5O3/c1-13-5-3-4-10-22(13)18-16(23(24)25)17(20-12-21-18)19-11-14-6-8-15(26-2)9-7-14/h6-9,12-13H,3-5,10-11H2,1-2H3,(H,19,20,21). The minimum Gasteiger partial charge on any atom is -0.497 e. The monoisotopic (exact) mass is 357 g/mol. The summed E-state index contributed by atoms with van der Waals surface area (Å²) in [5.41, 5.74) is 0.918. The van der Waals surface area contributed by atoms with Gasteiger partial charge in [-0.3, -0.25) is 10.1 Å². The Labute approximate surface area is 152 Å². The molecule has 8 nitrogen and oxygen atoms in total. The first-order valence-corrected chi connectivity index (χ1v) is 8.73. The molecule has 138 valence electrons. The average molecular weight is 357 g/mol. The molecule has 0 spiro atoms. The minimum atomic E-state index is -0.396. The fourth-order valence-electron chi connectivity index (χ4n) is 3.22. The molecule has 26 heavy (non-hydrogen) atoms. The third-order valence-electron chi connectivity index (χ3n) is 4.68. The zero-order chi connectivity index (χ0) is 18.5. The number of nitro groups is 1. The van der Waals surface area contributed by atoms with Gasteiger partial charge in [-0.15, -0.1) is 0 Å². The van der Waals surface area contributed by atoms with Crippen LogP contribution in [0.1, 0.15) is 31.7 Å². The molecule has 3 rings (SSSR count). The third-order valence-corrected chi connectivity index (χ3v) is 4.68. The zero-order valence-corrected chi connectivity index (χ0v) is 15.0. The number of aromatic nitrogens is 2. The van der Waals surface area contributed by atoms with Crippen LogP contribution < -0.4 is 15.0 Å². The van der Waals surface area contributed by atoms with Crippen molar-refractivity contribution >= 4 is 17.3 Å². The van der Waals surface area contributed by atoms with Crippen molar-refractivity contribution < 1.29 is 9.66 Å². The van der Waals surface area contributed by atoms with Gasteiger partial charge in [0.1, 0.15) is 12.1 Å². The molecule has 1 aliphatic heterocycles. The van der Waals surface area contributed by atoms with Crippen LogP contribution in [0.5, 0.6) is 5.75 Å². The molecule has 1 aliphatic rings. The van der Waals surface area contributed by atoms with E-state index in [0.29, 0.717) is 12.4 Å². The van der Waals surface area contributed by atoms with Crippen LogP contribution in [0.2, 0.25) is 0 Å². The fraction of sp³-hybridized carbons (Fsp3) is 0.444. The number of hydrogen-bond acceptors (Lipinski definition) is 7. The normalized spacial score (nSPS) is 17.0. The van der Waals surface area contributed by atoms with E-state index in [-0.39, 0.29) is 17.5 Å². The van der Waals surface area contributed by atoms with E-state index in [2.05, 4.69) is 22.2 Å². The average Bonchev–Trinajstić information content (AvgIpc) is 2.66. The molecule has 0 bridgehead atoms. The van der Waals surface area contributed by atoms with Gasteiger partial charge in [-0.1, -0.05) is 12.1 Å². The maximum absolute atomic E-state index is 11.7. The largest absolute Gasteiger partial charge is 0.497 e. The quantitative estimate of drug-likeness (QED) is 0.625. The van der Waals surface area contributed by atoms with Gasteiger partial charge in [0, 0.05) is 19.1 Å². The van der Waals surface area contributed by atoms with Crippen LogP contribution in [0.25, 0.3) is 0 Å². The molecule has 0 amide bonds. The van der Waals surface area contributed by atoms with Gasteiger partial charge in [0.15, 0.2) is 0 Å². The van der Waals surface area contributed by atoms with Crippen LogP contribution in [0.4, 0.5) is 17.3 Å². The van der Waals surface area contributed by atoms with Crippen LogP contribution in [-0.4, -0.2) is 34.6 Å². The second kappa shape index (κ2) is 7.99. The third kappa shape index (κ3) is 3.84. The summed E-state index contributed by atoms with van der Waals surface area (Å²) in [7, 11) is 1.61. The summed E-state index contributed by atoms with van der Waals surface area (Å²) in [6, 6.07) is 7.75. The first kappa shape index (κ1) is 17.9. The van der Waals surface area contributed by atoms with Crippen LogP contribution >= 0.6 is 0 Å². The molecule has 1 atom stereocenters.